The number of carbonyl (C=O) groups is 1. The van der Waals surface area contributed by atoms with Crippen molar-refractivity contribution in [2.45, 2.75) is 26.2 Å². The van der Waals surface area contributed by atoms with Gasteiger partial charge in [-0.15, -0.1) is 0 Å². The monoisotopic (exact) mass is 392 g/mol. The molecule has 1 aromatic carbocycles. The Labute approximate surface area is 167 Å². The van der Waals surface area contributed by atoms with Gasteiger partial charge in [-0.2, -0.15) is 0 Å². The van der Waals surface area contributed by atoms with Gasteiger partial charge in [-0.25, -0.2) is 0 Å². The summed E-state index contributed by atoms with van der Waals surface area (Å²) in [5, 5.41) is 3.13. The maximum Gasteiger partial charge on any atom is 0.273 e. The molecule has 7 nitrogen and oxygen atoms in total. The highest BCUT2D eigenvalue weighted by Gasteiger charge is 2.20. The highest BCUT2D eigenvalue weighted by atomic mass is 16.2. The third-order valence-corrected chi connectivity index (χ3v) is 5.70. The zero-order chi connectivity index (χ0) is 20.5. The summed E-state index contributed by atoms with van der Waals surface area (Å²) in [6.07, 6.45) is 3.48. The minimum Gasteiger partial charge on any atom is -0.339 e. The number of nitrogens with zero attached hydrogens (tertiary/aromatic N) is 2. The number of benzene rings is 1. The van der Waals surface area contributed by atoms with Crippen LogP contribution < -0.4 is 11.1 Å². The molecular formula is C22H24N4O3. The largest absolute Gasteiger partial charge is 0.339 e. The molecule has 0 fully saturated rings. The molecule has 0 aliphatic carbocycles. The number of H-pyrrole nitrogens is 2. The van der Waals surface area contributed by atoms with Crippen LogP contribution in [0.5, 0.6) is 0 Å². The molecule has 0 atom stereocenters. The summed E-state index contributed by atoms with van der Waals surface area (Å²) < 4.78 is 1.51. The molecule has 0 spiro atoms. The van der Waals surface area contributed by atoms with Gasteiger partial charge in [-0.1, -0.05) is 36.4 Å². The minimum atomic E-state index is -0.248. The number of fused-ring (bicyclic) bond motifs is 1. The first-order chi connectivity index (χ1) is 14.0. The third-order valence-electron chi connectivity index (χ3n) is 5.70. The van der Waals surface area contributed by atoms with E-state index in [4.69, 9.17) is 0 Å². The predicted molar refractivity (Wildman–Crippen MR) is 113 cm³/mol. The summed E-state index contributed by atoms with van der Waals surface area (Å²) in [6.45, 7) is 3.02. The maximum absolute atomic E-state index is 12.7. The van der Waals surface area contributed by atoms with Gasteiger partial charge in [0.1, 0.15) is 5.65 Å². The van der Waals surface area contributed by atoms with Crippen LogP contribution >= 0.6 is 0 Å². The van der Waals surface area contributed by atoms with E-state index in [1.807, 2.05) is 23.1 Å². The van der Waals surface area contributed by atoms with Crippen molar-refractivity contribution in [3.8, 4) is 0 Å². The van der Waals surface area contributed by atoms with E-state index in [9.17, 15) is 14.4 Å². The lowest BCUT2D eigenvalue weighted by Crippen LogP contribution is -2.35. The van der Waals surface area contributed by atoms with Gasteiger partial charge in [0.05, 0.1) is 5.39 Å². The second-order valence-electron chi connectivity index (χ2n) is 7.47. The Morgan fingerprint density at radius 1 is 1.14 bits per heavy atom. The Balaban J connectivity index is 1.47. The van der Waals surface area contributed by atoms with E-state index in [0.717, 1.165) is 6.42 Å². The molecule has 1 aliphatic heterocycles. The fourth-order valence-corrected chi connectivity index (χ4v) is 4.04. The normalized spacial score (nSPS) is 14.3. The van der Waals surface area contributed by atoms with Crippen molar-refractivity contribution in [3.05, 3.63) is 73.8 Å². The second-order valence-corrected chi connectivity index (χ2v) is 7.47. The summed E-state index contributed by atoms with van der Waals surface area (Å²) >= 11 is 0. The summed E-state index contributed by atoms with van der Waals surface area (Å²) in [4.78, 5) is 41.9. The number of amides is 1. The molecule has 0 saturated heterocycles. The number of nitrogens with one attached hydrogen (secondary N) is 2. The Morgan fingerprint density at radius 3 is 2.59 bits per heavy atom. The van der Waals surface area contributed by atoms with E-state index in [1.165, 1.54) is 15.8 Å². The first-order valence-electron chi connectivity index (χ1n) is 9.78. The zero-order valence-electron chi connectivity index (χ0n) is 16.6. The van der Waals surface area contributed by atoms with Gasteiger partial charge < -0.3 is 9.88 Å². The lowest BCUT2D eigenvalue weighted by Gasteiger charge is -2.27. The van der Waals surface area contributed by atoms with Gasteiger partial charge in [-0.05, 0) is 36.5 Å². The summed E-state index contributed by atoms with van der Waals surface area (Å²) in [5.74, 6) is 0.0224. The number of aryl methyl sites for hydroxylation is 2. The van der Waals surface area contributed by atoms with Crippen molar-refractivity contribution in [1.29, 1.82) is 0 Å². The lowest BCUT2D eigenvalue weighted by atomic mass is 9.99. The van der Waals surface area contributed by atoms with E-state index < -0.39 is 0 Å². The van der Waals surface area contributed by atoms with Gasteiger partial charge in [0.15, 0.2) is 0 Å². The summed E-state index contributed by atoms with van der Waals surface area (Å²) in [6, 6.07) is 10.2. The zero-order valence-corrected chi connectivity index (χ0v) is 16.6. The van der Waals surface area contributed by atoms with Crippen molar-refractivity contribution in [2.75, 3.05) is 13.1 Å². The van der Waals surface area contributed by atoms with Crippen molar-refractivity contribution < 1.29 is 4.79 Å². The highest BCUT2D eigenvalue weighted by Crippen LogP contribution is 2.22. The van der Waals surface area contributed by atoms with Crippen LogP contribution in [0.25, 0.3) is 16.6 Å². The summed E-state index contributed by atoms with van der Waals surface area (Å²) in [7, 11) is 1.68. The van der Waals surface area contributed by atoms with E-state index in [-0.39, 0.29) is 23.4 Å². The molecule has 0 saturated carbocycles. The average molecular weight is 392 g/mol. The number of carbonyl (C=O) groups excluding carboxylic acids is 1. The number of pyridine rings is 1. The van der Waals surface area contributed by atoms with E-state index >= 15 is 0 Å². The minimum absolute atomic E-state index is 0.0224. The van der Waals surface area contributed by atoms with Crippen molar-refractivity contribution in [2.24, 2.45) is 7.05 Å². The van der Waals surface area contributed by atoms with Gasteiger partial charge >= 0.3 is 0 Å². The molecule has 1 aliphatic rings. The van der Waals surface area contributed by atoms with E-state index in [1.54, 1.807) is 14.0 Å². The smallest absolute Gasteiger partial charge is 0.273 e. The van der Waals surface area contributed by atoms with Gasteiger partial charge in [0.25, 0.3) is 11.1 Å². The number of hydrogen-bond acceptors (Lipinski definition) is 3. The fraction of sp³-hybridized carbons (Fsp3) is 0.318. The lowest BCUT2D eigenvalue weighted by molar-refractivity contribution is -0.130. The Hall–Kier alpha value is -3.35. The quantitative estimate of drug-likeness (QED) is 0.712. The van der Waals surface area contributed by atoms with Gasteiger partial charge in [0.2, 0.25) is 5.91 Å². The standard InChI is InChI=1S/C22H24N4O3/c1-14-17(21(28)23-20-19(14)22(29)24-25(20)2)8-9-18(27)26-12-10-16(11-13-26)15-6-4-3-5-7-15/h3-7,10H,8-9,11-13H2,1-2H3,(H,23,28)(H,24,29). The van der Waals surface area contributed by atoms with Crippen LogP contribution in [0.15, 0.2) is 46.0 Å². The van der Waals surface area contributed by atoms with Crippen LogP contribution in [0.2, 0.25) is 0 Å². The van der Waals surface area contributed by atoms with E-state index in [2.05, 4.69) is 28.3 Å². The SMILES string of the molecule is Cc1c(CCC(=O)N2CC=C(c3ccccc3)CC2)c(=O)[nH]c2c1c(=O)[nH]n2C. The molecule has 2 aromatic heterocycles. The first-order valence-corrected chi connectivity index (χ1v) is 9.78. The Morgan fingerprint density at radius 2 is 1.90 bits per heavy atom. The maximum atomic E-state index is 12.7. The molecule has 29 heavy (non-hydrogen) atoms. The van der Waals surface area contributed by atoms with Crippen LogP contribution in [0.1, 0.15) is 29.5 Å². The van der Waals surface area contributed by atoms with E-state index in [0.29, 0.717) is 41.7 Å². The Kier molecular flexibility index (Phi) is 4.96. The Bertz CT molecular complexity index is 1210. The number of aromatic nitrogens is 3. The second kappa shape index (κ2) is 7.58. The van der Waals surface area contributed by atoms with Gasteiger partial charge in [-0.3, -0.25) is 24.2 Å². The molecule has 7 heteroatoms. The molecule has 2 N–H and O–H groups in total. The topological polar surface area (TPSA) is 91.0 Å². The number of hydrogen-bond donors (Lipinski definition) is 2. The fourth-order valence-electron chi connectivity index (χ4n) is 4.04. The number of rotatable bonds is 4. The predicted octanol–water partition coefficient (Wildman–Crippen LogP) is 2.11. The van der Waals surface area contributed by atoms with Crippen LogP contribution in [0.3, 0.4) is 0 Å². The molecule has 1 amide bonds. The van der Waals surface area contributed by atoms with Crippen molar-refractivity contribution >= 4 is 22.5 Å². The molecule has 0 radical (unpaired) electrons. The number of aromatic amines is 2. The molecule has 4 rings (SSSR count). The third kappa shape index (κ3) is 3.55. The first kappa shape index (κ1) is 19.0. The van der Waals surface area contributed by atoms with Crippen LogP contribution in [0.4, 0.5) is 0 Å². The van der Waals surface area contributed by atoms with Crippen LogP contribution in [0, 0.1) is 6.92 Å². The average Bonchev–Trinajstić information content (AvgIpc) is 3.01. The summed E-state index contributed by atoms with van der Waals surface area (Å²) in [5.41, 5.74) is 3.59. The molecule has 3 heterocycles. The molecule has 0 bridgehead atoms. The molecule has 0 unspecified atom stereocenters. The molecular weight excluding hydrogens is 368 g/mol. The highest BCUT2D eigenvalue weighted by molar-refractivity contribution is 5.81. The molecule has 3 aromatic rings. The van der Waals surface area contributed by atoms with Crippen molar-refractivity contribution in [1.82, 2.24) is 19.7 Å². The van der Waals surface area contributed by atoms with Gasteiger partial charge in [0, 0.05) is 32.1 Å². The van der Waals surface area contributed by atoms with Crippen LogP contribution in [-0.2, 0) is 18.3 Å². The van der Waals surface area contributed by atoms with Crippen LogP contribution in [-0.4, -0.2) is 38.7 Å². The molecule has 150 valence electrons. The van der Waals surface area contributed by atoms with Crippen molar-refractivity contribution in [3.63, 3.8) is 0 Å².